The van der Waals surface area contributed by atoms with E-state index in [-0.39, 0.29) is 11.7 Å². The lowest BCUT2D eigenvalue weighted by Gasteiger charge is -2.18. The molecule has 0 aromatic heterocycles. The highest BCUT2D eigenvalue weighted by Gasteiger charge is 2.34. The number of nitrogens with one attached hydrogen (secondary N) is 1. The van der Waals surface area contributed by atoms with Crippen LogP contribution in [0.3, 0.4) is 0 Å². The van der Waals surface area contributed by atoms with E-state index in [4.69, 9.17) is 0 Å². The van der Waals surface area contributed by atoms with Crippen LogP contribution in [-0.4, -0.2) is 37.3 Å². The van der Waals surface area contributed by atoms with Gasteiger partial charge in [-0.25, -0.2) is 4.39 Å². The standard InChI is InChI=1S/C14H18F4N2/c15-13-4-2-1-3-12(13)8-19-7-11-5-6-20(9-11)10-14(16,17)18/h1-4,11,19H,5-10H2/t11-/m0/s1. The summed E-state index contributed by atoms with van der Waals surface area (Å²) in [5, 5.41) is 3.12. The zero-order valence-electron chi connectivity index (χ0n) is 11.1. The second-order valence-electron chi connectivity index (χ2n) is 5.23. The second kappa shape index (κ2) is 6.54. The van der Waals surface area contributed by atoms with E-state index in [1.807, 2.05) is 0 Å². The molecule has 1 aromatic rings. The van der Waals surface area contributed by atoms with Gasteiger partial charge >= 0.3 is 6.18 Å². The predicted molar refractivity (Wildman–Crippen MR) is 68.7 cm³/mol. The Morgan fingerprint density at radius 2 is 2.00 bits per heavy atom. The average Bonchev–Trinajstić information content (AvgIpc) is 2.77. The first-order valence-corrected chi connectivity index (χ1v) is 6.67. The normalized spacial score (nSPS) is 20.5. The zero-order chi connectivity index (χ0) is 14.6. The van der Waals surface area contributed by atoms with Crippen LogP contribution in [0.15, 0.2) is 24.3 Å². The van der Waals surface area contributed by atoms with Crippen LogP contribution in [0.2, 0.25) is 0 Å². The molecule has 1 aromatic carbocycles. The SMILES string of the molecule is Fc1ccccc1CNC[C@@H]1CCN(CC(F)(F)F)C1. The van der Waals surface area contributed by atoms with E-state index < -0.39 is 12.7 Å². The molecule has 2 nitrogen and oxygen atoms in total. The summed E-state index contributed by atoms with van der Waals surface area (Å²) in [5.74, 6) is -0.0609. The van der Waals surface area contributed by atoms with Gasteiger partial charge in [-0.1, -0.05) is 18.2 Å². The van der Waals surface area contributed by atoms with Crippen molar-refractivity contribution >= 4 is 0 Å². The maximum atomic E-state index is 13.4. The number of rotatable bonds is 5. The van der Waals surface area contributed by atoms with Crippen molar-refractivity contribution in [1.29, 1.82) is 0 Å². The molecular formula is C14H18F4N2. The number of hydrogen-bond acceptors (Lipinski definition) is 2. The molecule has 1 aliphatic rings. The molecule has 0 spiro atoms. The van der Waals surface area contributed by atoms with Crippen LogP contribution >= 0.6 is 0 Å². The van der Waals surface area contributed by atoms with Crippen molar-refractivity contribution in [1.82, 2.24) is 10.2 Å². The molecule has 0 bridgehead atoms. The Morgan fingerprint density at radius 3 is 2.70 bits per heavy atom. The molecule has 0 unspecified atom stereocenters. The van der Waals surface area contributed by atoms with Crippen LogP contribution in [0.5, 0.6) is 0 Å². The van der Waals surface area contributed by atoms with Gasteiger partial charge in [-0.3, -0.25) is 4.90 Å². The Bertz CT molecular complexity index is 433. The molecular weight excluding hydrogens is 272 g/mol. The molecule has 0 aliphatic carbocycles. The molecule has 1 aliphatic heterocycles. The molecule has 6 heteroatoms. The van der Waals surface area contributed by atoms with Crippen molar-refractivity contribution in [3.8, 4) is 0 Å². The maximum absolute atomic E-state index is 13.4. The Kier molecular flexibility index (Phi) is 4.99. The van der Waals surface area contributed by atoms with Gasteiger partial charge in [-0.05, 0) is 31.5 Å². The molecule has 1 N–H and O–H groups in total. The van der Waals surface area contributed by atoms with Gasteiger partial charge in [0.2, 0.25) is 0 Å². The topological polar surface area (TPSA) is 15.3 Å². The molecule has 112 valence electrons. The third-order valence-corrected chi connectivity index (χ3v) is 3.48. The quantitative estimate of drug-likeness (QED) is 0.839. The van der Waals surface area contributed by atoms with E-state index in [0.29, 0.717) is 31.7 Å². The lowest BCUT2D eigenvalue weighted by atomic mass is 10.1. The minimum atomic E-state index is -4.13. The van der Waals surface area contributed by atoms with Gasteiger partial charge in [0, 0.05) is 18.7 Å². The first kappa shape index (κ1) is 15.3. The van der Waals surface area contributed by atoms with Crippen molar-refractivity contribution in [2.75, 3.05) is 26.2 Å². The predicted octanol–water partition coefficient (Wildman–Crippen LogP) is 2.80. The Hall–Kier alpha value is -1.14. The van der Waals surface area contributed by atoms with Gasteiger partial charge in [0.05, 0.1) is 6.54 Å². The summed E-state index contributed by atoms with van der Waals surface area (Å²) in [6, 6.07) is 6.50. The minimum absolute atomic E-state index is 0.198. The van der Waals surface area contributed by atoms with E-state index >= 15 is 0 Å². The van der Waals surface area contributed by atoms with E-state index in [2.05, 4.69) is 5.32 Å². The molecule has 1 atom stereocenters. The maximum Gasteiger partial charge on any atom is 0.401 e. The van der Waals surface area contributed by atoms with Gasteiger partial charge in [-0.2, -0.15) is 13.2 Å². The summed E-state index contributed by atoms with van der Waals surface area (Å²) >= 11 is 0. The molecule has 20 heavy (non-hydrogen) atoms. The van der Waals surface area contributed by atoms with Gasteiger partial charge < -0.3 is 5.32 Å². The Labute approximate surface area is 115 Å². The molecule has 1 fully saturated rings. The Morgan fingerprint density at radius 1 is 1.25 bits per heavy atom. The van der Waals surface area contributed by atoms with Gasteiger partial charge in [0.15, 0.2) is 0 Å². The molecule has 0 radical (unpaired) electrons. The lowest BCUT2D eigenvalue weighted by molar-refractivity contribution is -0.143. The summed E-state index contributed by atoms with van der Waals surface area (Å²) in [4.78, 5) is 1.43. The highest BCUT2D eigenvalue weighted by molar-refractivity contribution is 5.16. The van der Waals surface area contributed by atoms with Crippen molar-refractivity contribution in [2.45, 2.75) is 19.1 Å². The van der Waals surface area contributed by atoms with Crippen LogP contribution < -0.4 is 5.32 Å². The third kappa shape index (κ3) is 4.76. The first-order valence-electron chi connectivity index (χ1n) is 6.67. The lowest BCUT2D eigenvalue weighted by Crippen LogP contribution is -2.33. The summed E-state index contributed by atoms with van der Waals surface area (Å²) in [7, 11) is 0. The smallest absolute Gasteiger partial charge is 0.312 e. The summed E-state index contributed by atoms with van der Waals surface area (Å²) in [5.41, 5.74) is 0.581. The number of nitrogens with zero attached hydrogens (tertiary/aromatic N) is 1. The van der Waals surface area contributed by atoms with E-state index in [9.17, 15) is 17.6 Å². The third-order valence-electron chi connectivity index (χ3n) is 3.48. The first-order chi connectivity index (χ1) is 9.44. The summed E-state index contributed by atoms with van der Waals surface area (Å²) in [6.45, 7) is 1.11. The van der Waals surface area contributed by atoms with E-state index in [0.717, 1.165) is 6.42 Å². The van der Waals surface area contributed by atoms with Crippen LogP contribution in [0.4, 0.5) is 17.6 Å². The number of benzene rings is 1. The highest BCUT2D eigenvalue weighted by atomic mass is 19.4. The van der Waals surface area contributed by atoms with Gasteiger partial charge in [0.1, 0.15) is 5.82 Å². The molecule has 0 saturated carbocycles. The average molecular weight is 290 g/mol. The van der Waals surface area contributed by atoms with Crippen LogP contribution in [0, 0.1) is 11.7 Å². The molecule has 0 amide bonds. The van der Waals surface area contributed by atoms with Crippen LogP contribution in [0.1, 0.15) is 12.0 Å². The monoisotopic (exact) mass is 290 g/mol. The fourth-order valence-corrected chi connectivity index (χ4v) is 2.53. The van der Waals surface area contributed by atoms with Crippen molar-refractivity contribution in [3.05, 3.63) is 35.6 Å². The zero-order valence-corrected chi connectivity index (χ0v) is 11.1. The van der Waals surface area contributed by atoms with Gasteiger partial charge in [0.25, 0.3) is 0 Å². The largest absolute Gasteiger partial charge is 0.401 e. The van der Waals surface area contributed by atoms with Crippen molar-refractivity contribution in [2.24, 2.45) is 5.92 Å². The van der Waals surface area contributed by atoms with E-state index in [1.54, 1.807) is 18.2 Å². The van der Waals surface area contributed by atoms with E-state index in [1.165, 1.54) is 11.0 Å². The number of likely N-dealkylation sites (tertiary alicyclic amines) is 1. The van der Waals surface area contributed by atoms with Gasteiger partial charge in [-0.15, -0.1) is 0 Å². The number of hydrogen-bond donors (Lipinski definition) is 1. The molecule has 1 heterocycles. The van der Waals surface area contributed by atoms with Crippen LogP contribution in [0.25, 0.3) is 0 Å². The minimum Gasteiger partial charge on any atom is -0.312 e. The van der Waals surface area contributed by atoms with Crippen molar-refractivity contribution in [3.63, 3.8) is 0 Å². The van der Waals surface area contributed by atoms with Crippen LogP contribution in [-0.2, 0) is 6.54 Å². The fourth-order valence-electron chi connectivity index (χ4n) is 2.53. The summed E-state index contributed by atoms with van der Waals surface area (Å²) in [6.07, 6.45) is -3.38. The Balaban J connectivity index is 1.70. The molecule has 2 rings (SSSR count). The molecule has 1 saturated heterocycles. The number of halogens is 4. The fraction of sp³-hybridized carbons (Fsp3) is 0.571. The second-order valence-corrected chi connectivity index (χ2v) is 5.23. The number of alkyl halides is 3. The summed E-state index contributed by atoms with van der Waals surface area (Å²) < 4.78 is 50.1. The van der Waals surface area contributed by atoms with Crippen molar-refractivity contribution < 1.29 is 17.6 Å². The highest BCUT2D eigenvalue weighted by Crippen LogP contribution is 2.22.